The van der Waals surface area contributed by atoms with E-state index in [-0.39, 0.29) is 23.6 Å². The number of alkyl halides is 2. The molecule has 3 rings (SSSR count). The minimum atomic E-state index is -2.92. The molecule has 130 valence electrons. The predicted molar refractivity (Wildman–Crippen MR) is 90.7 cm³/mol. The normalized spacial score (nSPS) is 11.2. The van der Waals surface area contributed by atoms with E-state index in [1.165, 1.54) is 46.5 Å². The van der Waals surface area contributed by atoms with Crippen LogP contribution in [0.3, 0.4) is 0 Å². The molecule has 0 saturated heterocycles. The first-order chi connectivity index (χ1) is 12.0. The number of aromatic nitrogens is 2. The van der Waals surface area contributed by atoms with Gasteiger partial charge < -0.3 is 4.74 Å². The summed E-state index contributed by atoms with van der Waals surface area (Å²) in [5, 5.41) is 0.498. The molecule has 0 atom stereocenters. The lowest BCUT2D eigenvalue weighted by Crippen LogP contribution is -2.24. The molecule has 0 fully saturated rings. The van der Waals surface area contributed by atoms with Crippen molar-refractivity contribution in [3.8, 4) is 5.75 Å². The molecule has 0 amide bonds. The zero-order chi connectivity index (χ0) is 18.0. The topological polar surface area (TPSA) is 61.2 Å². The van der Waals surface area contributed by atoms with Gasteiger partial charge in [-0.25, -0.2) is 4.98 Å². The third kappa shape index (κ3) is 3.74. The van der Waals surface area contributed by atoms with Gasteiger partial charge in [0, 0.05) is 10.4 Å². The van der Waals surface area contributed by atoms with Crippen LogP contribution in [0.25, 0.3) is 10.2 Å². The lowest BCUT2D eigenvalue weighted by atomic mass is 10.1. The number of hydrogen-bond donors (Lipinski definition) is 0. The smallest absolute Gasteiger partial charge is 0.387 e. The minimum Gasteiger partial charge on any atom is -0.435 e. The van der Waals surface area contributed by atoms with Crippen LogP contribution in [0.5, 0.6) is 5.75 Å². The maximum absolute atomic E-state index is 12.5. The Hall–Kier alpha value is -2.61. The summed E-state index contributed by atoms with van der Waals surface area (Å²) in [5.74, 6) is -0.352. The average molecular weight is 364 g/mol. The number of aryl methyl sites for hydroxylation is 1. The molecule has 0 spiro atoms. The van der Waals surface area contributed by atoms with Crippen LogP contribution in [0.2, 0.25) is 0 Å². The molecule has 3 aromatic rings. The number of hydrogen-bond acceptors (Lipinski definition) is 5. The highest BCUT2D eigenvalue weighted by molar-refractivity contribution is 7.18. The van der Waals surface area contributed by atoms with Gasteiger partial charge in [-0.2, -0.15) is 8.78 Å². The molecule has 0 saturated carbocycles. The van der Waals surface area contributed by atoms with Crippen molar-refractivity contribution in [3.05, 3.63) is 57.5 Å². The molecule has 0 N–H and O–H groups in total. The van der Waals surface area contributed by atoms with E-state index in [1.807, 2.05) is 6.92 Å². The summed E-state index contributed by atoms with van der Waals surface area (Å²) in [7, 11) is 0. The Kier molecular flexibility index (Phi) is 4.89. The van der Waals surface area contributed by atoms with E-state index in [0.29, 0.717) is 15.8 Å². The molecular formula is C17H14F2N2O3S. The zero-order valence-corrected chi connectivity index (χ0v) is 14.1. The van der Waals surface area contributed by atoms with Crippen molar-refractivity contribution < 1.29 is 18.3 Å². The minimum absolute atomic E-state index is 0.0304. The number of carbonyl (C=O) groups excluding carboxylic acids is 1. The highest BCUT2D eigenvalue weighted by Crippen LogP contribution is 2.21. The molecule has 5 nitrogen and oxygen atoms in total. The van der Waals surface area contributed by atoms with Gasteiger partial charge in [0.2, 0.25) is 0 Å². The average Bonchev–Trinajstić information content (AvgIpc) is 3.01. The number of halogens is 2. The van der Waals surface area contributed by atoms with Gasteiger partial charge >= 0.3 is 6.61 Å². The Labute approximate surface area is 145 Å². The molecule has 0 bridgehead atoms. The van der Waals surface area contributed by atoms with E-state index in [1.54, 1.807) is 6.07 Å². The van der Waals surface area contributed by atoms with Crippen LogP contribution in [-0.2, 0) is 13.0 Å². The van der Waals surface area contributed by atoms with E-state index in [9.17, 15) is 18.4 Å². The Morgan fingerprint density at radius 2 is 2.04 bits per heavy atom. The highest BCUT2D eigenvalue weighted by atomic mass is 32.1. The van der Waals surface area contributed by atoms with Crippen molar-refractivity contribution in [1.82, 2.24) is 9.55 Å². The van der Waals surface area contributed by atoms with Crippen LogP contribution in [0.15, 0.2) is 41.5 Å². The van der Waals surface area contributed by atoms with Crippen LogP contribution in [0.1, 0.15) is 22.2 Å². The van der Waals surface area contributed by atoms with Crippen LogP contribution in [0.4, 0.5) is 8.78 Å². The largest absolute Gasteiger partial charge is 0.435 e. The van der Waals surface area contributed by atoms with Crippen molar-refractivity contribution in [1.29, 1.82) is 0 Å². The second-order valence-electron chi connectivity index (χ2n) is 5.29. The lowest BCUT2D eigenvalue weighted by molar-refractivity contribution is -0.0498. The van der Waals surface area contributed by atoms with Crippen molar-refractivity contribution in [2.24, 2.45) is 0 Å². The third-order valence-electron chi connectivity index (χ3n) is 3.63. The summed E-state index contributed by atoms with van der Waals surface area (Å²) < 4.78 is 29.8. The maximum atomic E-state index is 12.5. The molecule has 0 aliphatic rings. The van der Waals surface area contributed by atoms with Crippen molar-refractivity contribution in [2.75, 3.05) is 0 Å². The zero-order valence-electron chi connectivity index (χ0n) is 13.2. The summed E-state index contributed by atoms with van der Waals surface area (Å²) in [6.45, 7) is -1.10. The summed E-state index contributed by atoms with van der Waals surface area (Å²) in [4.78, 5) is 30.7. The molecule has 2 heterocycles. The Morgan fingerprint density at radius 3 is 2.68 bits per heavy atom. The molecule has 25 heavy (non-hydrogen) atoms. The second kappa shape index (κ2) is 7.10. The lowest BCUT2D eigenvalue weighted by Gasteiger charge is -2.07. The van der Waals surface area contributed by atoms with Gasteiger partial charge in [-0.15, -0.1) is 11.3 Å². The van der Waals surface area contributed by atoms with E-state index in [0.717, 1.165) is 11.3 Å². The van der Waals surface area contributed by atoms with Gasteiger partial charge in [0.05, 0.1) is 18.3 Å². The quantitative estimate of drug-likeness (QED) is 0.628. The monoisotopic (exact) mass is 364 g/mol. The van der Waals surface area contributed by atoms with Gasteiger partial charge in [0.15, 0.2) is 5.78 Å². The SMILES string of the molecule is CCc1cc2c(=O)n(CC(=O)c3ccc(OC(F)F)cc3)cnc2s1. The van der Waals surface area contributed by atoms with E-state index in [2.05, 4.69) is 9.72 Å². The molecular weight excluding hydrogens is 350 g/mol. The molecule has 0 unspecified atom stereocenters. The van der Waals surface area contributed by atoms with Crippen molar-refractivity contribution in [2.45, 2.75) is 26.5 Å². The first kappa shape index (κ1) is 17.2. The fourth-order valence-electron chi connectivity index (χ4n) is 2.36. The number of thiophene rings is 1. The standard InChI is InChI=1S/C17H14F2N2O3S/c1-2-12-7-13-15(25-12)20-9-21(16(13)23)8-14(22)10-3-5-11(6-4-10)24-17(18)19/h3-7,9,17H,2,8H2,1H3. The van der Waals surface area contributed by atoms with Gasteiger partial charge in [0.25, 0.3) is 5.56 Å². The van der Waals surface area contributed by atoms with E-state index in [4.69, 9.17) is 0 Å². The fraction of sp³-hybridized carbons (Fsp3) is 0.235. The van der Waals surface area contributed by atoms with Crippen LogP contribution >= 0.6 is 11.3 Å². The highest BCUT2D eigenvalue weighted by Gasteiger charge is 2.13. The van der Waals surface area contributed by atoms with Crippen LogP contribution in [-0.4, -0.2) is 21.9 Å². The van der Waals surface area contributed by atoms with Gasteiger partial charge in [0.1, 0.15) is 10.6 Å². The second-order valence-corrected chi connectivity index (χ2v) is 6.40. The number of carbonyl (C=O) groups is 1. The molecule has 1 aromatic carbocycles. The number of nitrogens with zero attached hydrogens (tertiary/aromatic N) is 2. The van der Waals surface area contributed by atoms with Crippen molar-refractivity contribution >= 4 is 27.3 Å². The third-order valence-corrected chi connectivity index (χ3v) is 4.82. The van der Waals surface area contributed by atoms with Gasteiger partial charge in [-0.05, 0) is 36.8 Å². The Morgan fingerprint density at radius 1 is 1.32 bits per heavy atom. The summed E-state index contributed by atoms with van der Waals surface area (Å²) in [6.07, 6.45) is 2.17. The first-order valence-electron chi connectivity index (χ1n) is 7.54. The molecule has 0 radical (unpaired) electrons. The number of ether oxygens (including phenoxy) is 1. The van der Waals surface area contributed by atoms with Crippen molar-refractivity contribution in [3.63, 3.8) is 0 Å². The Bertz CT molecular complexity index is 964. The number of benzene rings is 1. The van der Waals surface area contributed by atoms with Gasteiger partial charge in [-0.3, -0.25) is 14.2 Å². The number of rotatable bonds is 6. The number of ketones is 1. The van der Waals surface area contributed by atoms with Crippen LogP contribution < -0.4 is 10.3 Å². The van der Waals surface area contributed by atoms with E-state index < -0.39 is 6.61 Å². The molecule has 0 aliphatic heterocycles. The summed E-state index contributed by atoms with van der Waals surface area (Å²) >= 11 is 1.46. The van der Waals surface area contributed by atoms with E-state index >= 15 is 0 Å². The molecule has 2 aromatic heterocycles. The fourth-order valence-corrected chi connectivity index (χ4v) is 3.29. The summed E-state index contributed by atoms with van der Waals surface area (Å²) in [5.41, 5.74) is 0.0279. The Balaban J connectivity index is 1.82. The van der Waals surface area contributed by atoms with Gasteiger partial charge in [-0.1, -0.05) is 6.92 Å². The molecule has 8 heteroatoms. The summed E-state index contributed by atoms with van der Waals surface area (Å²) in [6, 6.07) is 7.15. The maximum Gasteiger partial charge on any atom is 0.387 e. The van der Waals surface area contributed by atoms with Crippen LogP contribution in [0, 0.1) is 0 Å². The first-order valence-corrected chi connectivity index (χ1v) is 8.35. The number of fused-ring (bicyclic) bond motifs is 1. The predicted octanol–water partition coefficient (Wildman–Crippen LogP) is 3.50. The number of Topliss-reactive ketones (excluding diaryl/α,β-unsaturated/α-hetero) is 1. The molecule has 0 aliphatic carbocycles.